The Kier molecular flexibility index (Phi) is 5.96. The van der Waals surface area contributed by atoms with Gasteiger partial charge in [-0.3, -0.25) is 14.4 Å². The summed E-state index contributed by atoms with van der Waals surface area (Å²) in [5.41, 5.74) is 1.05. The Labute approximate surface area is 237 Å². The summed E-state index contributed by atoms with van der Waals surface area (Å²) in [6, 6.07) is 19.1. The average molecular weight is 585 g/mol. The number of carbonyl (C=O) groups is 3. The van der Waals surface area contributed by atoms with Crippen LogP contribution in [0, 0.1) is 10.8 Å². The van der Waals surface area contributed by atoms with Crippen molar-refractivity contribution in [2.24, 2.45) is 10.8 Å². The van der Waals surface area contributed by atoms with Gasteiger partial charge in [-0.05, 0) is 36.8 Å². The van der Waals surface area contributed by atoms with Gasteiger partial charge in [0.15, 0.2) is 17.3 Å². The molecule has 0 bridgehead atoms. The lowest BCUT2D eigenvalue weighted by molar-refractivity contribution is -0.127. The summed E-state index contributed by atoms with van der Waals surface area (Å²) >= 11 is 3.57. The van der Waals surface area contributed by atoms with Crippen molar-refractivity contribution in [1.82, 2.24) is 0 Å². The zero-order valence-electron chi connectivity index (χ0n) is 22.4. The van der Waals surface area contributed by atoms with Crippen LogP contribution in [0.25, 0.3) is 6.08 Å². The smallest absolute Gasteiger partial charge is 0.180 e. The van der Waals surface area contributed by atoms with Gasteiger partial charge in [-0.15, -0.1) is 0 Å². The zero-order chi connectivity index (χ0) is 27.7. The minimum Gasteiger partial charge on any atom is -0.494 e. The van der Waals surface area contributed by atoms with Gasteiger partial charge >= 0.3 is 0 Å². The second kappa shape index (κ2) is 9.02. The number of hydrogen-bond donors (Lipinski definition) is 0. The Morgan fingerprint density at radius 3 is 2.26 bits per heavy atom. The van der Waals surface area contributed by atoms with Crippen molar-refractivity contribution in [3.05, 3.63) is 99.5 Å². The number of benzene rings is 3. The first-order chi connectivity index (χ1) is 18.6. The normalized spacial score (nSPS) is 22.6. The van der Waals surface area contributed by atoms with Crippen LogP contribution < -0.4 is 9.64 Å². The summed E-state index contributed by atoms with van der Waals surface area (Å²) in [5, 5.41) is 0. The van der Waals surface area contributed by atoms with Crippen LogP contribution in [0.5, 0.6) is 5.75 Å². The van der Waals surface area contributed by atoms with Crippen molar-refractivity contribution >= 4 is 45.0 Å². The van der Waals surface area contributed by atoms with Crippen molar-refractivity contribution in [2.75, 3.05) is 11.5 Å². The number of carbonyl (C=O) groups excluding carboxylic acids is 3. The Balaban J connectivity index is 1.72. The molecule has 0 aromatic heterocycles. The molecule has 2 aliphatic heterocycles. The first kappa shape index (κ1) is 25.8. The molecule has 5 nitrogen and oxygen atoms in total. The maximum Gasteiger partial charge on any atom is 0.180 e. The standard InChI is InChI=1S/C33H30BrNO4/c1-5-39-25-13-9-8-12-23(25)27-28(31(38)32(2,3)4)35-24-16-15-20(34)18-19(24)14-17-26(35)33(27)29(36)21-10-6-7-11-22(21)30(33)37/h6-18,26-28H,5H2,1-4H3. The van der Waals surface area contributed by atoms with E-state index >= 15 is 0 Å². The quantitative estimate of drug-likeness (QED) is 0.313. The summed E-state index contributed by atoms with van der Waals surface area (Å²) in [6.45, 7) is 8.02. The minimum absolute atomic E-state index is 0.0265. The van der Waals surface area contributed by atoms with E-state index in [0.29, 0.717) is 29.0 Å². The Morgan fingerprint density at radius 2 is 1.62 bits per heavy atom. The van der Waals surface area contributed by atoms with Crippen molar-refractivity contribution in [2.45, 2.75) is 45.7 Å². The van der Waals surface area contributed by atoms with Crippen LogP contribution in [-0.2, 0) is 4.79 Å². The number of rotatable bonds is 4. The van der Waals surface area contributed by atoms with Crippen molar-refractivity contribution in [3.63, 3.8) is 0 Å². The Hall–Kier alpha value is -3.51. The van der Waals surface area contributed by atoms with Crippen LogP contribution in [0.15, 0.2) is 77.3 Å². The van der Waals surface area contributed by atoms with Crippen LogP contribution in [0.4, 0.5) is 5.69 Å². The van der Waals surface area contributed by atoms with E-state index in [4.69, 9.17) is 4.74 Å². The third-order valence-corrected chi connectivity index (χ3v) is 8.82. The first-order valence-corrected chi connectivity index (χ1v) is 14.1. The molecule has 0 N–H and O–H groups in total. The second-order valence-electron chi connectivity index (χ2n) is 11.5. The minimum atomic E-state index is -1.52. The number of ether oxygens (including phenoxy) is 1. The van der Waals surface area contributed by atoms with E-state index in [1.54, 1.807) is 24.3 Å². The number of nitrogens with zero attached hydrogens (tertiary/aromatic N) is 1. The van der Waals surface area contributed by atoms with E-state index in [1.165, 1.54) is 0 Å². The number of Topliss-reactive ketones (excluding diaryl/α,β-unsaturated/α-hetero) is 3. The fourth-order valence-electron chi connectivity index (χ4n) is 6.76. The third kappa shape index (κ3) is 3.53. The third-order valence-electron chi connectivity index (χ3n) is 8.33. The molecule has 6 heteroatoms. The van der Waals surface area contributed by atoms with E-state index in [1.807, 2.05) is 87.2 Å². The van der Waals surface area contributed by atoms with Gasteiger partial charge in [0.1, 0.15) is 11.2 Å². The van der Waals surface area contributed by atoms with Gasteiger partial charge in [0, 0.05) is 38.2 Å². The molecule has 198 valence electrons. The number of hydrogen-bond acceptors (Lipinski definition) is 5. The van der Waals surface area contributed by atoms with Gasteiger partial charge in [-0.25, -0.2) is 0 Å². The molecule has 1 fully saturated rings. The molecule has 0 saturated carbocycles. The maximum atomic E-state index is 14.7. The molecule has 3 aromatic carbocycles. The number of para-hydroxylation sites is 1. The highest BCUT2D eigenvalue weighted by atomic mass is 79.9. The predicted octanol–water partition coefficient (Wildman–Crippen LogP) is 6.90. The molecule has 3 unspecified atom stereocenters. The van der Waals surface area contributed by atoms with E-state index in [2.05, 4.69) is 15.9 Å². The van der Waals surface area contributed by atoms with Crippen molar-refractivity contribution in [1.29, 1.82) is 0 Å². The SMILES string of the molecule is CCOc1ccccc1C1C(C(=O)C(C)(C)C)N2c3ccc(Br)cc3C=CC2C12C(=O)c1ccccc1C2=O. The summed E-state index contributed by atoms with van der Waals surface area (Å²) in [6.07, 6.45) is 3.92. The average Bonchev–Trinajstić information content (AvgIpc) is 3.34. The fourth-order valence-corrected chi connectivity index (χ4v) is 7.14. The fraction of sp³-hybridized carbons (Fsp3) is 0.303. The molecule has 1 aliphatic carbocycles. The Morgan fingerprint density at radius 1 is 0.974 bits per heavy atom. The van der Waals surface area contributed by atoms with Crippen LogP contribution in [0.2, 0.25) is 0 Å². The summed E-state index contributed by atoms with van der Waals surface area (Å²) in [7, 11) is 0. The zero-order valence-corrected chi connectivity index (χ0v) is 24.0. The molecular weight excluding hydrogens is 554 g/mol. The maximum absolute atomic E-state index is 14.7. The highest BCUT2D eigenvalue weighted by Gasteiger charge is 2.72. The Bertz CT molecular complexity index is 1530. The number of fused-ring (bicyclic) bond motifs is 5. The lowest BCUT2D eigenvalue weighted by atomic mass is 9.63. The van der Waals surface area contributed by atoms with E-state index < -0.39 is 28.8 Å². The van der Waals surface area contributed by atoms with Gasteiger partial charge in [0.2, 0.25) is 0 Å². The van der Waals surface area contributed by atoms with Gasteiger partial charge < -0.3 is 9.64 Å². The van der Waals surface area contributed by atoms with Gasteiger partial charge in [-0.1, -0.05) is 91.3 Å². The second-order valence-corrected chi connectivity index (χ2v) is 12.4. The molecule has 3 aromatic rings. The van der Waals surface area contributed by atoms with Crippen LogP contribution in [-0.4, -0.2) is 36.0 Å². The molecule has 2 heterocycles. The van der Waals surface area contributed by atoms with E-state index in [0.717, 1.165) is 15.7 Å². The molecule has 0 radical (unpaired) electrons. The van der Waals surface area contributed by atoms with E-state index in [-0.39, 0.29) is 17.3 Å². The van der Waals surface area contributed by atoms with Gasteiger partial charge in [0.25, 0.3) is 0 Å². The summed E-state index contributed by atoms with van der Waals surface area (Å²) < 4.78 is 6.99. The van der Waals surface area contributed by atoms with Gasteiger partial charge in [0.05, 0.1) is 18.7 Å². The molecule has 6 rings (SSSR count). The molecule has 0 amide bonds. The monoisotopic (exact) mass is 583 g/mol. The lowest BCUT2D eigenvalue weighted by Gasteiger charge is -2.38. The first-order valence-electron chi connectivity index (χ1n) is 13.3. The topological polar surface area (TPSA) is 63.7 Å². The predicted molar refractivity (Wildman–Crippen MR) is 156 cm³/mol. The molecule has 1 saturated heterocycles. The molecule has 3 aliphatic rings. The number of halogens is 1. The van der Waals surface area contributed by atoms with Crippen LogP contribution >= 0.6 is 15.9 Å². The lowest BCUT2D eigenvalue weighted by Crippen LogP contribution is -2.49. The summed E-state index contributed by atoms with van der Waals surface area (Å²) in [5.74, 6) is -0.662. The molecule has 39 heavy (non-hydrogen) atoms. The molecule has 3 atom stereocenters. The van der Waals surface area contributed by atoms with Crippen molar-refractivity contribution < 1.29 is 19.1 Å². The molecule has 1 spiro atoms. The largest absolute Gasteiger partial charge is 0.494 e. The number of anilines is 1. The molecular formula is C33H30BrNO4. The highest BCUT2D eigenvalue weighted by molar-refractivity contribution is 9.10. The van der Waals surface area contributed by atoms with Crippen LogP contribution in [0.3, 0.4) is 0 Å². The van der Waals surface area contributed by atoms with Gasteiger partial charge in [-0.2, -0.15) is 0 Å². The van der Waals surface area contributed by atoms with E-state index in [9.17, 15) is 14.4 Å². The van der Waals surface area contributed by atoms with Crippen molar-refractivity contribution in [3.8, 4) is 5.75 Å². The highest BCUT2D eigenvalue weighted by Crippen LogP contribution is 2.62. The number of ketones is 3. The van der Waals surface area contributed by atoms with Crippen LogP contribution in [0.1, 0.15) is 65.5 Å². The summed E-state index contributed by atoms with van der Waals surface area (Å²) in [4.78, 5) is 45.9.